The molecule has 104 valence electrons. The summed E-state index contributed by atoms with van der Waals surface area (Å²) < 4.78 is 0. The molecule has 1 aromatic rings. The van der Waals surface area contributed by atoms with Crippen molar-refractivity contribution in [1.82, 2.24) is 10.9 Å². The van der Waals surface area contributed by atoms with Gasteiger partial charge in [0.25, 0.3) is 5.91 Å². The van der Waals surface area contributed by atoms with Crippen LogP contribution in [-0.2, 0) is 10.3 Å². The summed E-state index contributed by atoms with van der Waals surface area (Å²) in [5.74, 6) is 0.544. The number of hydrazine groups is 1. The smallest absolute Gasteiger partial charge is 0.251 e. The van der Waals surface area contributed by atoms with Gasteiger partial charge in [0.1, 0.15) is 0 Å². The van der Waals surface area contributed by atoms with E-state index in [0.29, 0.717) is 5.92 Å². The molecule has 2 aliphatic heterocycles. The Bertz CT molecular complexity index is 761. The monoisotopic (exact) mass is 277 g/mol. The molecule has 5 rings (SSSR count). The molecule has 0 saturated carbocycles. The van der Waals surface area contributed by atoms with E-state index in [-0.39, 0.29) is 11.8 Å². The second-order valence-corrected chi connectivity index (χ2v) is 6.07. The molecule has 1 fully saturated rings. The zero-order valence-corrected chi connectivity index (χ0v) is 11.4. The van der Waals surface area contributed by atoms with Crippen LogP contribution >= 0.6 is 0 Å². The highest BCUT2D eigenvalue weighted by Crippen LogP contribution is 2.54. The van der Waals surface area contributed by atoms with Gasteiger partial charge in [-0.3, -0.25) is 4.79 Å². The second kappa shape index (κ2) is 3.65. The van der Waals surface area contributed by atoms with Crippen molar-refractivity contribution in [3.8, 4) is 0 Å². The number of anilines is 1. The van der Waals surface area contributed by atoms with Gasteiger partial charge in [0.2, 0.25) is 0 Å². The number of benzene rings is 1. The van der Waals surface area contributed by atoms with Crippen LogP contribution in [0.1, 0.15) is 12.0 Å². The number of carbonyl (C=O) groups is 1. The zero-order valence-electron chi connectivity index (χ0n) is 11.4. The SMILES string of the molecule is O=C1Nc2ccccc2C12NNC1=CC3=CC=CCC3C12. The van der Waals surface area contributed by atoms with E-state index in [1.165, 1.54) is 5.57 Å². The van der Waals surface area contributed by atoms with Crippen LogP contribution in [-0.4, -0.2) is 5.91 Å². The highest BCUT2D eigenvalue weighted by Gasteiger charge is 2.61. The summed E-state index contributed by atoms with van der Waals surface area (Å²) in [6.07, 6.45) is 9.63. The molecule has 4 nitrogen and oxygen atoms in total. The molecule has 2 aliphatic carbocycles. The number of carbonyl (C=O) groups excluding carboxylic acids is 1. The summed E-state index contributed by atoms with van der Waals surface area (Å²) in [5, 5.41) is 3.03. The molecule has 2 heterocycles. The van der Waals surface area contributed by atoms with Crippen LogP contribution in [0.3, 0.4) is 0 Å². The fraction of sp³-hybridized carbons (Fsp3) is 0.235. The third kappa shape index (κ3) is 1.22. The number of fused-ring (bicyclic) bond motifs is 6. The average Bonchev–Trinajstić information content (AvgIpc) is 3.13. The molecule has 4 heteroatoms. The van der Waals surface area contributed by atoms with Crippen LogP contribution in [0.4, 0.5) is 5.69 Å². The summed E-state index contributed by atoms with van der Waals surface area (Å²) in [6, 6.07) is 7.97. The van der Waals surface area contributed by atoms with Crippen molar-refractivity contribution in [1.29, 1.82) is 0 Å². The number of hydrogen-bond acceptors (Lipinski definition) is 3. The van der Waals surface area contributed by atoms with Crippen LogP contribution in [0.25, 0.3) is 0 Å². The number of hydrogen-bond donors (Lipinski definition) is 3. The first kappa shape index (κ1) is 11.3. The lowest BCUT2D eigenvalue weighted by Gasteiger charge is -2.32. The van der Waals surface area contributed by atoms with Gasteiger partial charge < -0.3 is 10.7 Å². The number of para-hydroxylation sites is 1. The van der Waals surface area contributed by atoms with Gasteiger partial charge in [-0.2, -0.15) is 0 Å². The van der Waals surface area contributed by atoms with Gasteiger partial charge in [-0.05, 0) is 30.1 Å². The van der Waals surface area contributed by atoms with Crippen LogP contribution < -0.4 is 16.2 Å². The van der Waals surface area contributed by atoms with E-state index in [4.69, 9.17) is 0 Å². The molecule has 1 aromatic carbocycles. The minimum Gasteiger partial charge on any atom is -0.324 e. The van der Waals surface area contributed by atoms with Gasteiger partial charge >= 0.3 is 0 Å². The van der Waals surface area contributed by atoms with Gasteiger partial charge in [-0.1, -0.05) is 36.4 Å². The predicted molar refractivity (Wildman–Crippen MR) is 79.9 cm³/mol. The maximum atomic E-state index is 12.8. The lowest BCUT2D eigenvalue weighted by atomic mass is 9.71. The van der Waals surface area contributed by atoms with Gasteiger partial charge in [-0.15, -0.1) is 0 Å². The van der Waals surface area contributed by atoms with Crippen molar-refractivity contribution >= 4 is 11.6 Å². The minimum atomic E-state index is -0.687. The first-order chi connectivity index (χ1) is 10.3. The molecule has 1 saturated heterocycles. The van der Waals surface area contributed by atoms with E-state index >= 15 is 0 Å². The summed E-state index contributed by atoms with van der Waals surface area (Å²) in [7, 11) is 0. The zero-order chi connectivity index (χ0) is 14.0. The molecule has 0 radical (unpaired) electrons. The third-order valence-corrected chi connectivity index (χ3v) is 5.13. The molecule has 0 bridgehead atoms. The van der Waals surface area contributed by atoms with Crippen molar-refractivity contribution in [2.24, 2.45) is 11.8 Å². The third-order valence-electron chi connectivity index (χ3n) is 5.13. The van der Waals surface area contributed by atoms with Crippen molar-refractivity contribution in [2.45, 2.75) is 12.0 Å². The maximum Gasteiger partial charge on any atom is 0.251 e. The standard InChI is InChI=1S/C17H15N3O/c21-16-17(12-7-3-4-8-13(12)18-16)15-11-6-2-1-5-10(11)9-14(15)19-20-17/h1-5,7-9,11,15,19-20H,6H2,(H,18,21). The van der Waals surface area contributed by atoms with Crippen LogP contribution in [0.2, 0.25) is 0 Å². The van der Waals surface area contributed by atoms with Gasteiger partial charge in [0, 0.05) is 22.9 Å². The summed E-state index contributed by atoms with van der Waals surface area (Å²) in [5.41, 5.74) is 10.3. The van der Waals surface area contributed by atoms with E-state index in [1.54, 1.807) is 0 Å². The Morgan fingerprint density at radius 1 is 1.24 bits per heavy atom. The quantitative estimate of drug-likeness (QED) is 0.679. The van der Waals surface area contributed by atoms with E-state index in [2.05, 4.69) is 40.5 Å². The topological polar surface area (TPSA) is 53.2 Å². The summed E-state index contributed by atoms with van der Waals surface area (Å²) in [4.78, 5) is 12.8. The van der Waals surface area contributed by atoms with E-state index in [1.807, 2.05) is 24.3 Å². The van der Waals surface area contributed by atoms with Crippen molar-refractivity contribution < 1.29 is 4.79 Å². The first-order valence-electron chi connectivity index (χ1n) is 7.33. The summed E-state index contributed by atoms with van der Waals surface area (Å²) in [6.45, 7) is 0. The van der Waals surface area contributed by atoms with Crippen LogP contribution in [0.15, 0.2) is 59.8 Å². The maximum absolute atomic E-state index is 12.8. The number of allylic oxidation sites excluding steroid dienone is 5. The first-order valence-corrected chi connectivity index (χ1v) is 7.33. The lowest BCUT2D eigenvalue weighted by Crippen LogP contribution is -2.51. The molecule has 3 atom stereocenters. The van der Waals surface area contributed by atoms with E-state index in [9.17, 15) is 4.79 Å². The van der Waals surface area contributed by atoms with Crippen molar-refractivity contribution in [2.75, 3.05) is 5.32 Å². The molecule has 3 unspecified atom stereocenters. The Hall–Kier alpha value is -2.33. The highest BCUT2D eigenvalue weighted by molar-refractivity contribution is 6.07. The van der Waals surface area contributed by atoms with E-state index in [0.717, 1.165) is 23.4 Å². The predicted octanol–water partition coefficient (Wildman–Crippen LogP) is 1.96. The fourth-order valence-electron chi connectivity index (χ4n) is 4.24. The molecule has 3 N–H and O–H groups in total. The molecule has 1 spiro atoms. The minimum absolute atomic E-state index is 0.0420. The summed E-state index contributed by atoms with van der Waals surface area (Å²) >= 11 is 0. The fourth-order valence-corrected chi connectivity index (χ4v) is 4.24. The number of amides is 1. The molecular weight excluding hydrogens is 262 g/mol. The highest BCUT2D eigenvalue weighted by atomic mass is 16.2. The molecular formula is C17H15N3O. The molecule has 21 heavy (non-hydrogen) atoms. The second-order valence-electron chi connectivity index (χ2n) is 6.07. The molecule has 1 amide bonds. The molecule has 0 aromatic heterocycles. The van der Waals surface area contributed by atoms with Crippen molar-refractivity contribution in [3.63, 3.8) is 0 Å². The lowest BCUT2D eigenvalue weighted by molar-refractivity contribution is -0.123. The number of rotatable bonds is 0. The average molecular weight is 277 g/mol. The normalized spacial score (nSPS) is 34.8. The van der Waals surface area contributed by atoms with Gasteiger partial charge in [0.15, 0.2) is 5.54 Å². The Kier molecular flexibility index (Phi) is 1.97. The van der Waals surface area contributed by atoms with Gasteiger partial charge in [-0.25, -0.2) is 5.43 Å². The van der Waals surface area contributed by atoms with Crippen LogP contribution in [0, 0.1) is 11.8 Å². The Morgan fingerprint density at radius 2 is 2.14 bits per heavy atom. The largest absolute Gasteiger partial charge is 0.324 e. The Morgan fingerprint density at radius 3 is 3.10 bits per heavy atom. The Labute approximate surface area is 122 Å². The van der Waals surface area contributed by atoms with Crippen LogP contribution in [0.5, 0.6) is 0 Å². The van der Waals surface area contributed by atoms with E-state index < -0.39 is 5.54 Å². The Balaban J connectivity index is 1.72. The van der Waals surface area contributed by atoms with Gasteiger partial charge in [0.05, 0.1) is 0 Å². The van der Waals surface area contributed by atoms with Crippen molar-refractivity contribution in [3.05, 3.63) is 65.4 Å². The number of nitrogens with one attached hydrogen (secondary N) is 3. The molecule has 4 aliphatic rings.